The standard InChI is InChI=1S/C10H18N2O/c1-8-6-12-10(13-8)5-9-3-2-4-11-7-9/h8-9,11H,2-7H2,1H3. The predicted octanol–water partition coefficient (Wildman–Crippen LogP) is 1.19. The number of rotatable bonds is 2. The Balaban J connectivity index is 1.77. The van der Waals surface area contributed by atoms with Gasteiger partial charge in [0, 0.05) is 6.42 Å². The number of ether oxygens (including phenoxy) is 1. The molecule has 13 heavy (non-hydrogen) atoms. The van der Waals surface area contributed by atoms with Crippen molar-refractivity contribution in [1.29, 1.82) is 0 Å². The van der Waals surface area contributed by atoms with Gasteiger partial charge in [-0.05, 0) is 38.8 Å². The summed E-state index contributed by atoms with van der Waals surface area (Å²) in [6.07, 6.45) is 3.97. The molecule has 2 unspecified atom stereocenters. The first-order chi connectivity index (χ1) is 6.34. The van der Waals surface area contributed by atoms with Crippen LogP contribution in [0.1, 0.15) is 26.2 Å². The van der Waals surface area contributed by atoms with Crippen LogP contribution in [0, 0.1) is 5.92 Å². The first-order valence-electron chi connectivity index (χ1n) is 5.25. The fraction of sp³-hybridized carbons (Fsp3) is 0.900. The van der Waals surface area contributed by atoms with Gasteiger partial charge in [0.25, 0.3) is 0 Å². The zero-order valence-corrected chi connectivity index (χ0v) is 8.25. The SMILES string of the molecule is CC1CN=C(CC2CCCNC2)O1. The second-order valence-corrected chi connectivity index (χ2v) is 4.08. The molecule has 1 saturated heterocycles. The van der Waals surface area contributed by atoms with E-state index in [1.54, 1.807) is 0 Å². The molecule has 3 heteroatoms. The molecular formula is C10H18N2O. The zero-order valence-electron chi connectivity index (χ0n) is 8.25. The fourth-order valence-corrected chi connectivity index (χ4v) is 1.99. The number of aliphatic imine (C=N–C) groups is 1. The molecule has 0 aromatic heterocycles. The third-order valence-electron chi connectivity index (χ3n) is 2.72. The number of nitrogens with zero attached hydrogens (tertiary/aromatic N) is 1. The normalized spacial score (nSPS) is 34.1. The van der Waals surface area contributed by atoms with E-state index in [1.165, 1.54) is 19.4 Å². The van der Waals surface area contributed by atoms with Crippen molar-refractivity contribution in [2.24, 2.45) is 10.9 Å². The number of nitrogens with one attached hydrogen (secondary N) is 1. The molecule has 0 saturated carbocycles. The highest BCUT2D eigenvalue weighted by atomic mass is 16.5. The Morgan fingerprint density at radius 2 is 2.54 bits per heavy atom. The van der Waals surface area contributed by atoms with E-state index in [0.29, 0.717) is 6.10 Å². The van der Waals surface area contributed by atoms with E-state index < -0.39 is 0 Å². The van der Waals surface area contributed by atoms with Gasteiger partial charge in [0.1, 0.15) is 6.10 Å². The summed E-state index contributed by atoms with van der Waals surface area (Å²) < 4.78 is 5.59. The van der Waals surface area contributed by atoms with Crippen LogP contribution in [-0.4, -0.2) is 31.6 Å². The molecule has 1 N–H and O–H groups in total. The molecule has 0 aliphatic carbocycles. The van der Waals surface area contributed by atoms with E-state index in [9.17, 15) is 0 Å². The molecule has 0 radical (unpaired) electrons. The maximum absolute atomic E-state index is 5.59. The molecule has 0 bridgehead atoms. The molecule has 0 aromatic carbocycles. The summed E-state index contributed by atoms with van der Waals surface area (Å²) in [4.78, 5) is 4.38. The minimum Gasteiger partial charge on any atom is -0.476 e. The van der Waals surface area contributed by atoms with Crippen LogP contribution >= 0.6 is 0 Å². The van der Waals surface area contributed by atoms with E-state index >= 15 is 0 Å². The third-order valence-corrected chi connectivity index (χ3v) is 2.72. The van der Waals surface area contributed by atoms with Gasteiger partial charge in [-0.15, -0.1) is 0 Å². The summed E-state index contributed by atoms with van der Waals surface area (Å²) in [7, 11) is 0. The molecule has 3 nitrogen and oxygen atoms in total. The van der Waals surface area contributed by atoms with E-state index in [4.69, 9.17) is 4.74 Å². The van der Waals surface area contributed by atoms with Crippen LogP contribution in [0.2, 0.25) is 0 Å². The average Bonchev–Trinajstić information content (AvgIpc) is 2.53. The largest absolute Gasteiger partial charge is 0.476 e. The third kappa shape index (κ3) is 2.44. The Morgan fingerprint density at radius 1 is 1.62 bits per heavy atom. The van der Waals surface area contributed by atoms with Crippen LogP contribution in [0.15, 0.2) is 4.99 Å². The summed E-state index contributed by atoms with van der Waals surface area (Å²) >= 11 is 0. The number of hydrogen-bond acceptors (Lipinski definition) is 3. The summed E-state index contributed by atoms with van der Waals surface area (Å²) in [6, 6.07) is 0. The summed E-state index contributed by atoms with van der Waals surface area (Å²) in [5, 5.41) is 3.41. The van der Waals surface area contributed by atoms with Gasteiger partial charge in [-0.2, -0.15) is 0 Å². The smallest absolute Gasteiger partial charge is 0.184 e. The Hall–Kier alpha value is -0.570. The first-order valence-corrected chi connectivity index (χ1v) is 5.25. The molecule has 2 heterocycles. The maximum Gasteiger partial charge on any atom is 0.184 e. The number of piperidine rings is 1. The van der Waals surface area contributed by atoms with Crippen LogP contribution in [0.3, 0.4) is 0 Å². The monoisotopic (exact) mass is 182 g/mol. The molecule has 2 aliphatic rings. The lowest BCUT2D eigenvalue weighted by molar-refractivity contribution is 0.231. The number of hydrogen-bond donors (Lipinski definition) is 1. The van der Waals surface area contributed by atoms with Gasteiger partial charge in [0.15, 0.2) is 5.90 Å². The van der Waals surface area contributed by atoms with Crippen molar-refractivity contribution in [3.05, 3.63) is 0 Å². The maximum atomic E-state index is 5.59. The van der Waals surface area contributed by atoms with Crippen LogP contribution in [0.4, 0.5) is 0 Å². The minimum absolute atomic E-state index is 0.312. The lowest BCUT2D eigenvalue weighted by Gasteiger charge is -2.22. The van der Waals surface area contributed by atoms with Crippen molar-refractivity contribution in [3.8, 4) is 0 Å². The predicted molar refractivity (Wildman–Crippen MR) is 53.1 cm³/mol. The first kappa shape index (κ1) is 9.00. The van der Waals surface area contributed by atoms with Gasteiger partial charge >= 0.3 is 0 Å². The van der Waals surface area contributed by atoms with Crippen molar-refractivity contribution >= 4 is 5.90 Å². The van der Waals surface area contributed by atoms with Crippen molar-refractivity contribution < 1.29 is 4.74 Å². The van der Waals surface area contributed by atoms with Crippen molar-refractivity contribution in [1.82, 2.24) is 5.32 Å². The highest BCUT2D eigenvalue weighted by Gasteiger charge is 2.20. The summed E-state index contributed by atoms with van der Waals surface area (Å²) in [5.41, 5.74) is 0. The van der Waals surface area contributed by atoms with Crippen LogP contribution in [-0.2, 0) is 4.74 Å². The Labute approximate surface area is 79.6 Å². The summed E-state index contributed by atoms with van der Waals surface area (Å²) in [6.45, 7) is 5.25. The average molecular weight is 182 g/mol. The molecule has 0 amide bonds. The van der Waals surface area contributed by atoms with Crippen LogP contribution in [0.5, 0.6) is 0 Å². The van der Waals surface area contributed by atoms with E-state index in [0.717, 1.165) is 31.3 Å². The van der Waals surface area contributed by atoms with E-state index in [2.05, 4.69) is 17.2 Å². The molecule has 74 valence electrons. The molecule has 1 fully saturated rings. The van der Waals surface area contributed by atoms with Gasteiger partial charge in [0.2, 0.25) is 0 Å². The molecule has 0 aromatic rings. The highest BCUT2D eigenvalue weighted by Crippen LogP contribution is 2.17. The second-order valence-electron chi connectivity index (χ2n) is 4.08. The molecular weight excluding hydrogens is 164 g/mol. The van der Waals surface area contributed by atoms with Crippen molar-refractivity contribution in [3.63, 3.8) is 0 Å². The van der Waals surface area contributed by atoms with Gasteiger partial charge in [-0.3, -0.25) is 4.99 Å². The Kier molecular flexibility index (Phi) is 2.83. The van der Waals surface area contributed by atoms with Gasteiger partial charge in [0.05, 0.1) is 6.54 Å². The Morgan fingerprint density at radius 3 is 3.15 bits per heavy atom. The molecule has 0 spiro atoms. The molecule has 2 aliphatic heterocycles. The lowest BCUT2D eigenvalue weighted by Crippen LogP contribution is -2.31. The topological polar surface area (TPSA) is 33.6 Å². The zero-order chi connectivity index (χ0) is 9.10. The quantitative estimate of drug-likeness (QED) is 0.696. The minimum atomic E-state index is 0.312. The highest BCUT2D eigenvalue weighted by molar-refractivity contribution is 5.77. The van der Waals surface area contributed by atoms with Crippen molar-refractivity contribution in [2.75, 3.05) is 19.6 Å². The Bertz CT molecular complexity index is 197. The molecule has 2 atom stereocenters. The fourth-order valence-electron chi connectivity index (χ4n) is 1.99. The molecule has 2 rings (SSSR count). The second kappa shape index (κ2) is 4.09. The van der Waals surface area contributed by atoms with E-state index in [1.807, 2.05) is 0 Å². The van der Waals surface area contributed by atoms with Crippen LogP contribution < -0.4 is 5.32 Å². The van der Waals surface area contributed by atoms with Crippen molar-refractivity contribution in [2.45, 2.75) is 32.3 Å². The van der Waals surface area contributed by atoms with Gasteiger partial charge in [-0.1, -0.05) is 0 Å². The van der Waals surface area contributed by atoms with Gasteiger partial charge < -0.3 is 10.1 Å². The van der Waals surface area contributed by atoms with Gasteiger partial charge in [-0.25, -0.2) is 0 Å². The van der Waals surface area contributed by atoms with Crippen LogP contribution in [0.25, 0.3) is 0 Å². The summed E-state index contributed by atoms with van der Waals surface area (Å²) in [5.74, 6) is 1.74. The lowest BCUT2D eigenvalue weighted by atomic mass is 9.96. The van der Waals surface area contributed by atoms with E-state index in [-0.39, 0.29) is 0 Å².